The molecule has 6 nitrogen and oxygen atoms in total. The van der Waals surface area contributed by atoms with Gasteiger partial charge in [-0.05, 0) is 37.1 Å². The van der Waals surface area contributed by atoms with Gasteiger partial charge in [0, 0.05) is 31.6 Å². The lowest BCUT2D eigenvalue weighted by Gasteiger charge is -2.20. The minimum absolute atomic E-state index is 0.0288. The van der Waals surface area contributed by atoms with E-state index in [0.717, 1.165) is 36.8 Å². The maximum Gasteiger partial charge on any atom is 0.255 e. The van der Waals surface area contributed by atoms with Crippen LogP contribution in [0, 0.1) is 17.1 Å². The molecule has 2 N–H and O–H groups in total. The summed E-state index contributed by atoms with van der Waals surface area (Å²) in [6, 6.07) is 15.9. The fraction of sp³-hybridized carbons (Fsp3) is 0.261. The minimum Gasteiger partial charge on any atom is -0.382 e. The smallest absolute Gasteiger partial charge is 0.255 e. The molecule has 0 bridgehead atoms. The molecule has 0 aliphatic carbocycles. The zero-order valence-corrected chi connectivity index (χ0v) is 16.5. The Hall–Kier alpha value is -3.66. The van der Waals surface area contributed by atoms with Gasteiger partial charge in [0.1, 0.15) is 23.3 Å². The molecule has 152 valence electrons. The molecule has 2 heterocycles. The molecule has 30 heavy (non-hydrogen) atoms. The van der Waals surface area contributed by atoms with Gasteiger partial charge in [-0.1, -0.05) is 24.3 Å². The van der Waals surface area contributed by atoms with Crippen molar-refractivity contribution in [3.63, 3.8) is 0 Å². The van der Waals surface area contributed by atoms with Gasteiger partial charge in [-0.15, -0.1) is 0 Å². The highest BCUT2D eigenvalue weighted by Gasteiger charge is 2.21. The van der Waals surface area contributed by atoms with Gasteiger partial charge < -0.3 is 15.5 Å². The number of hydrogen-bond acceptors (Lipinski definition) is 5. The molecule has 4 rings (SSSR count). The standard InChI is InChI=1S/C23H22FN5O/c24-19-7-5-9-21(18(19)15-25)26-10-11-27-23(30)17-14-16-6-1-2-8-20(16)28-22(17)29-12-3-4-13-29/h1-2,5-9,14,26H,3-4,10-13H2,(H,27,30). The quantitative estimate of drug-likeness (QED) is 0.614. The summed E-state index contributed by atoms with van der Waals surface area (Å²) in [6.45, 7) is 2.48. The van der Waals surface area contributed by atoms with Crippen molar-refractivity contribution in [3.05, 3.63) is 65.5 Å². The summed E-state index contributed by atoms with van der Waals surface area (Å²) in [5.74, 6) is -0.0470. The van der Waals surface area contributed by atoms with Crippen molar-refractivity contribution in [1.29, 1.82) is 5.26 Å². The van der Waals surface area contributed by atoms with Crippen LogP contribution in [-0.2, 0) is 0 Å². The first kappa shape index (κ1) is 19.6. The molecule has 1 saturated heterocycles. The molecule has 2 aromatic carbocycles. The van der Waals surface area contributed by atoms with E-state index >= 15 is 0 Å². The van der Waals surface area contributed by atoms with Crippen LogP contribution in [0.5, 0.6) is 0 Å². The molecule has 1 amide bonds. The molecule has 3 aromatic rings. The van der Waals surface area contributed by atoms with Gasteiger partial charge in [-0.3, -0.25) is 4.79 Å². The molecule has 0 saturated carbocycles. The van der Waals surface area contributed by atoms with Gasteiger partial charge in [0.25, 0.3) is 5.91 Å². The molecule has 0 radical (unpaired) electrons. The van der Waals surface area contributed by atoms with Crippen LogP contribution in [-0.4, -0.2) is 37.1 Å². The van der Waals surface area contributed by atoms with E-state index in [2.05, 4.69) is 15.5 Å². The fourth-order valence-corrected chi connectivity index (χ4v) is 3.70. The first-order valence-electron chi connectivity index (χ1n) is 10.0. The van der Waals surface area contributed by atoms with Crippen molar-refractivity contribution >= 4 is 28.3 Å². The summed E-state index contributed by atoms with van der Waals surface area (Å²) in [5.41, 5.74) is 1.81. The summed E-state index contributed by atoms with van der Waals surface area (Å²) in [7, 11) is 0. The third-order valence-corrected chi connectivity index (χ3v) is 5.21. The average Bonchev–Trinajstić information content (AvgIpc) is 3.30. The SMILES string of the molecule is N#Cc1c(F)cccc1NCCNC(=O)c1cc2ccccc2nc1N1CCCC1. The third kappa shape index (κ3) is 4.03. The molecule has 0 spiro atoms. The zero-order chi connectivity index (χ0) is 20.9. The summed E-state index contributed by atoms with van der Waals surface area (Å²) in [4.78, 5) is 19.9. The molecule has 1 aliphatic heterocycles. The molecule has 0 unspecified atom stereocenters. The lowest BCUT2D eigenvalue weighted by Crippen LogP contribution is -2.31. The van der Waals surface area contributed by atoms with Crippen molar-refractivity contribution in [1.82, 2.24) is 10.3 Å². The number of nitrogens with zero attached hydrogens (tertiary/aromatic N) is 3. The monoisotopic (exact) mass is 403 g/mol. The molecule has 7 heteroatoms. The van der Waals surface area contributed by atoms with E-state index in [9.17, 15) is 9.18 Å². The number of rotatable bonds is 6. The molecular weight excluding hydrogens is 381 g/mol. The molecule has 1 fully saturated rings. The number of pyridine rings is 1. The summed E-state index contributed by atoms with van der Waals surface area (Å²) >= 11 is 0. The van der Waals surface area contributed by atoms with Crippen molar-refractivity contribution in [2.75, 3.05) is 36.4 Å². The Morgan fingerprint density at radius 3 is 2.73 bits per heavy atom. The number of carbonyl (C=O) groups is 1. The summed E-state index contributed by atoms with van der Waals surface area (Å²) in [6.07, 6.45) is 2.18. The van der Waals surface area contributed by atoms with Crippen LogP contribution in [0.15, 0.2) is 48.5 Å². The number of fused-ring (bicyclic) bond motifs is 1. The Kier molecular flexibility index (Phi) is 5.75. The van der Waals surface area contributed by atoms with Crippen molar-refractivity contribution in [2.45, 2.75) is 12.8 Å². The fourth-order valence-electron chi connectivity index (χ4n) is 3.70. The maximum atomic E-state index is 13.7. The van der Waals surface area contributed by atoms with Gasteiger partial charge in [-0.25, -0.2) is 9.37 Å². The lowest BCUT2D eigenvalue weighted by molar-refractivity contribution is 0.0955. The van der Waals surface area contributed by atoms with Crippen LogP contribution in [0.25, 0.3) is 10.9 Å². The summed E-state index contributed by atoms with van der Waals surface area (Å²) < 4.78 is 13.7. The number of nitrogens with one attached hydrogen (secondary N) is 2. The highest BCUT2D eigenvalue weighted by atomic mass is 19.1. The van der Waals surface area contributed by atoms with Crippen LogP contribution >= 0.6 is 0 Å². The maximum absolute atomic E-state index is 13.7. The van der Waals surface area contributed by atoms with Crippen molar-refractivity contribution < 1.29 is 9.18 Å². The molecule has 0 atom stereocenters. The Labute approximate surface area is 174 Å². The second-order valence-electron chi connectivity index (χ2n) is 7.20. The van der Waals surface area contributed by atoms with Crippen LogP contribution in [0.2, 0.25) is 0 Å². The van der Waals surface area contributed by atoms with Crippen LogP contribution < -0.4 is 15.5 Å². The van der Waals surface area contributed by atoms with E-state index in [1.165, 1.54) is 6.07 Å². The Bertz CT molecular complexity index is 1120. The third-order valence-electron chi connectivity index (χ3n) is 5.21. The molecular formula is C23H22FN5O. The number of para-hydroxylation sites is 1. The Morgan fingerprint density at radius 1 is 1.13 bits per heavy atom. The minimum atomic E-state index is -0.566. The van der Waals surface area contributed by atoms with E-state index in [1.807, 2.05) is 36.4 Å². The number of nitriles is 1. The Balaban J connectivity index is 1.47. The molecule has 1 aromatic heterocycles. The lowest BCUT2D eigenvalue weighted by atomic mass is 10.1. The number of anilines is 2. The second kappa shape index (κ2) is 8.78. The number of amides is 1. The van der Waals surface area contributed by atoms with Crippen molar-refractivity contribution in [2.24, 2.45) is 0 Å². The predicted octanol–water partition coefficient (Wildman–Crippen LogP) is 3.69. The average molecular weight is 403 g/mol. The largest absolute Gasteiger partial charge is 0.382 e. The van der Waals surface area contributed by atoms with E-state index in [4.69, 9.17) is 10.2 Å². The first-order chi connectivity index (χ1) is 14.7. The van der Waals surface area contributed by atoms with E-state index in [-0.39, 0.29) is 11.5 Å². The van der Waals surface area contributed by atoms with E-state index < -0.39 is 5.82 Å². The van der Waals surface area contributed by atoms with Crippen LogP contribution in [0.4, 0.5) is 15.9 Å². The van der Waals surface area contributed by atoms with Gasteiger partial charge in [0.05, 0.1) is 16.8 Å². The number of hydrogen-bond donors (Lipinski definition) is 2. The first-order valence-corrected chi connectivity index (χ1v) is 10.0. The topological polar surface area (TPSA) is 81.0 Å². The predicted molar refractivity (Wildman–Crippen MR) is 115 cm³/mol. The zero-order valence-electron chi connectivity index (χ0n) is 16.5. The van der Waals surface area contributed by atoms with Gasteiger partial charge in [-0.2, -0.15) is 5.26 Å². The van der Waals surface area contributed by atoms with Crippen LogP contribution in [0.3, 0.4) is 0 Å². The number of halogens is 1. The van der Waals surface area contributed by atoms with E-state index in [0.29, 0.717) is 30.2 Å². The van der Waals surface area contributed by atoms with Gasteiger partial charge in [0.2, 0.25) is 0 Å². The highest BCUT2D eigenvalue weighted by molar-refractivity contribution is 6.02. The van der Waals surface area contributed by atoms with E-state index in [1.54, 1.807) is 12.1 Å². The number of benzene rings is 2. The molecule has 1 aliphatic rings. The Morgan fingerprint density at radius 2 is 1.93 bits per heavy atom. The van der Waals surface area contributed by atoms with Gasteiger partial charge in [0.15, 0.2) is 0 Å². The number of aromatic nitrogens is 1. The normalized spacial score (nSPS) is 13.3. The van der Waals surface area contributed by atoms with Gasteiger partial charge >= 0.3 is 0 Å². The van der Waals surface area contributed by atoms with Crippen molar-refractivity contribution in [3.8, 4) is 6.07 Å². The summed E-state index contributed by atoms with van der Waals surface area (Å²) in [5, 5.41) is 15.9. The second-order valence-corrected chi connectivity index (χ2v) is 7.20. The highest BCUT2D eigenvalue weighted by Crippen LogP contribution is 2.26. The number of carbonyl (C=O) groups excluding carboxylic acids is 1. The van der Waals surface area contributed by atoms with Crippen LogP contribution in [0.1, 0.15) is 28.8 Å².